The number of carbonyl (C=O) groups is 1. The zero-order valence-corrected chi connectivity index (χ0v) is 15.0. The Morgan fingerprint density at radius 1 is 1.43 bits per heavy atom. The van der Waals surface area contributed by atoms with E-state index in [1.807, 2.05) is 32.0 Å². The molecule has 0 unspecified atom stereocenters. The average molecular weight is 389 g/mol. The molecular weight excluding hydrogens is 374 g/mol. The summed E-state index contributed by atoms with van der Waals surface area (Å²) in [5, 5.41) is 0.615. The molecule has 0 amide bonds. The third-order valence-electron chi connectivity index (χ3n) is 3.11. The van der Waals surface area contributed by atoms with Gasteiger partial charge in [0.15, 0.2) is 0 Å². The Kier molecular flexibility index (Phi) is 4.96. The molecule has 0 aliphatic rings. The van der Waals surface area contributed by atoms with Crippen molar-refractivity contribution < 1.29 is 9.53 Å². The van der Waals surface area contributed by atoms with Crippen molar-refractivity contribution in [1.82, 2.24) is 0 Å². The van der Waals surface area contributed by atoms with Crippen LogP contribution < -0.4 is 5.73 Å². The van der Waals surface area contributed by atoms with Crippen molar-refractivity contribution in [2.75, 3.05) is 12.8 Å². The quantitative estimate of drug-likeness (QED) is 0.724. The van der Waals surface area contributed by atoms with E-state index in [0.717, 1.165) is 20.5 Å². The predicted molar refractivity (Wildman–Crippen MR) is 92.3 cm³/mol. The van der Waals surface area contributed by atoms with Crippen molar-refractivity contribution in [1.29, 1.82) is 0 Å². The summed E-state index contributed by atoms with van der Waals surface area (Å²) in [5.74, 6) is -0.242. The van der Waals surface area contributed by atoms with Gasteiger partial charge >= 0.3 is 5.97 Å². The van der Waals surface area contributed by atoms with Crippen molar-refractivity contribution in [3.05, 3.63) is 38.1 Å². The topological polar surface area (TPSA) is 52.3 Å². The molecule has 1 aromatic heterocycles. The largest absolute Gasteiger partial charge is 0.465 e. The number of thiophene rings is 1. The zero-order valence-electron chi connectivity index (χ0n) is 11.9. The van der Waals surface area contributed by atoms with Gasteiger partial charge in [-0.15, -0.1) is 11.3 Å². The molecule has 6 heteroatoms. The van der Waals surface area contributed by atoms with E-state index in [4.69, 9.17) is 22.1 Å². The van der Waals surface area contributed by atoms with Crippen LogP contribution in [0.2, 0.25) is 5.02 Å². The Morgan fingerprint density at radius 2 is 2.10 bits per heavy atom. The Bertz CT molecular complexity index is 697. The molecule has 112 valence electrons. The number of ether oxygens (including phenoxy) is 1. The average Bonchev–Trinajstić information content (AvgIpc) is 2.75. The maximum Gasteiger partial charge on any atom is 0.350 e. The molecule has 1 aromatic carbocycles. The van der Waals surface area contributed by atoms with E-state index in [1.54, 1.807) is 0 Å². The van der Waals surface area contributed by atoms with Crippen molar-refractivity contribution >= 4 is 50.5 Å². The molecule has 0 aliphatic heterocycles. The molecule has 2 N–H and O–H groups in total. The van der Waals surface area contributed by atoms with Crippen LogP contribution in [0.5, 0.6) is 0 Å². The fourth-order valence-electron chi connectivity index (χ4n) is 2.15. The summed E-state index contributed by atoms with van der Waals surface area (Å²) in [5.41, 5.74) is 8.44. The number of nitrogens with two attached hydrogens (primary N) is 1. The lowest BCUT2D eigenvalue weighted by Crippen LogP contribution is -2.03. The van der Waals surface area contributed by atoms with Gasteiger partial charge < -0.3 is 10.5 Å². The molecule has 0 saturated carbocycles. The fraction of sp³-hybridized carbons (Fsp3) is 0.267. The normalized spacial score (nSPS) is 11.0. The first-order valence-electron chi connectivity index (χ1n) is 6.32. The van der Waals surface area contributed by atoms with E-state index in [9.17, 15) is 4.79 Å². The zero-order chi connectivity index (χ0) is 15.7. The highest BCUT2D eigenvalue weighted by Crippen LogP contribution is 2.45. The van der Waals surface area contributed by atoms with Crippen LogP contribution in [-0.4, -0.2) is 13.1 Å². The number of hydrogen-bond donors (Lipinski definition) is 1. The first-order valence-corrected chi connectivity index (χ1v) is 8.31. The number of carbonyl (C=O) groups excluding carboxylic acids is 1. The summed E-state index contributed by atoms with van der Waals surface area (Å²) in [6.07, 6.45) is 0. The number of benzene rings is 1. The van der Waals surface area contributed by atoms with Gasteiger partial charge in [-0.3, -0.25) is 0 Å². The molecule has 21 heavy (non-hydrogen) atoms. The van der Waals surface area contributed by atoms with E-state index < -0.39 is 5.97 Å². The standard InChI is InChI=1S/C15H15BrClNO2S/c1-7(2)11-12(18)14(15(19)20-3)21-13(11)9-5-4-8(16)6-10(9)17/h4-7H,18H2,1-3H3. The van der Waals surface area contributed by atoms with E-state index in [0.29, 0.717) is 15.6 Å². The lowest BCUT2D eigenvalue weighted by atomic mass is 9.98. The van der Waals surface area contributed by atoms with Gasteiger partial charge in [0.2, 0.25) is 0 Å². The summed E-state index contributed by atoms with van der Waals surface area (Å²) >= 11 is 11.0. The highest BCUT2D eigenvalue weighted by atomic mass is 79.9. The number of hydrogen-bond acceptors (Lipinski definition) is 4. The van der Waals surface area contributed by atoms with E-state index in [1.165, 1.54) is 18.4 Å². The van der Waals surface area contributed by atoms with Gasteiger partial charge in [0.1, 0.15) is 4.88 Å². The van der Waals surface area contributed by atoms with Gasteiger partial charge in [0.25, 0.3) is 0 Å². The molecule has 2 aromatic rings. The first kappa shape index (κ1) is 16.3. The van der Waals surface area contributed by atoms with Gasteiger partial charge in [0.05, 0.1) is 17.8 Å². The van der Waals surface area contributed by atoms with Crippen LogP contribution in [0.4, 0.5) is 5.69 Å². The van der Waals surface area contributed by atoms with Crippen molar-refractivity contribution in [2.24, 2.45) is 0 Å². The second kappa shape index (κ2) is 6.38. The molecule has 0 aliphatic carbocycles. The minimum Gasteiger partial charge on any atom is -0.465 e. The lowest BCUT2D eigenvalue weighted by Gasteiger charge is -2.10. The molecule has 0 bridgehead atoms. The molecule has 3 nitrogen and oxygen atoms in total. The summed E-state index contributed by atoms with van der Waals surface area (Å²) < 4.78 is 5.70. The fourth-order valence-corrected chi connectivity index (χ4v) is 4.31. The van der Waals surface area contributed by atoms with Crippen molar-refractivity contribution in [3.63, 3.8) is 0 Å². The van der Waals surface area contributed by atoms with Gasteiger partial charge in [0, 0.05) is 14.9 Å². The number of halogens is 2. The van der Waals surface area contributed by atoms with E-state index in [2.05, 4.69) is 15.9 Å². The minimum atomic E-state index is -0.418. The molecular formula is C15H15BrClNO2S. The maximum absolute atomic E-state index is 11.9. The second-order valence-electron chi connectivity index (χ2n) is 4.86. The monoisotopic (exact) mass is 387 g/mol. The highest BCUT2D eigenvalue weighted by molar-refractivity contribution is 9.10. The number of esters is 1. The van der Waals surface area contributed by atoms with Crippen LogP contribution in [0.25, 0.3) is 10.4 Å². The van der Waals surface area contributed by atoms with E-state index >= 15 is 0 Å². The molecule has 0 fully saturated rings. The van der Waals surface area contributed by atoms with Gasteiger partial charge in [-0.1, -0.05) is 47.4 Å². The summed E-state index contributed by atoms with van der Waals surface area (Å²) in [6, 6.07) is 5.67. The molecule has 2 rings (SSSR count). The van der Waals surface area contributed by atoms with Crippen LogP contribution in [0.3, 0.4) is 0 Å². The third kappa shape index (κ3) is 3.10. The molecule has 0 atom stereocenters. The Labute approximate surface area is 141 Å². The van der Waals surface area contributed by atoms with Crippen LogP contribution in [0.1, 0.15) is 35.0 Å². The van der Waals surface area contributed by atoms with E-state index in [-0.39, 0.29) is 5.92 Å². The third-order valence-corrected chi connectivity index (χ3v) is 5.15. The van der Waals surface area contributed by atoms with Crippen LogP contribution in [0.15, 0.2) is 22.7 Å². The highest BCUT2D eigenvalue weighted by Gasteiger charge is 2.25. The summed E-state index contributed by atoms with van der Waals surface area (Å²) in [7, 11) is 1.35. The Morgan fingerprint density at radius 3 is 2.62 bits per heavy atom. The number of anilines is 1. The molecule has 0 saturated heterocycles. The van der Waals surface area contributed by atoms with Crippen LogP contribution in [0, 0.1) is 0 Å². The number of methoxy groups -OCH3 is 1. The lowest BCUT2D eigenvalue weighted by molar-refractivity contribution is 0.0607. The minimum absolute atomic E-state index is 0.175. The van der Waals surface area contributed by atoms with Crippen LogP contribution in [-0.2, 0) is 4.74 Å². The predicted octanol–water partition coefficient (Wildman–Crippen LogP) is 5.32. The molecule has 1 heterocycles. The maximum atomic E-state index is 11.9. The van der Waals surface area contributed by atoms with Gasteiger partial charge in [-0.2, -0.15) is 0 Å². The SMILES string of the molecule is COC(=O)c1sc(-c2ccc(Br)cc2Cl)c(C(C)C)c1N. The number of rotatable bonds is 3. The Balaban J connectivity index is 2.70. The van der Waals surface area contributed by atoms with Gasteiger partial charge in [-0.05, 0) is 23.6 Å². The summed E-state index contributed by atoms with van der Waals surface area (Å²) in [6.45, 7) is 4.07. The molecule has 0 radical (unpaired) electrons. The summed E-state index contributed by atoms with van der Waals surface area (Å²) in [4.78, 5) is 13.2. The smallest absolute Gasteiger partial charge is 0.350 e. The van der Waals surface area contributed by atoms with Gasteiger partial charge in [-0.25, -0.2) is 4.79 Å². The van der Waals surface area contributed by atoms with Crippen LogP contribution >= 0.6 is 38.9 Å². The van der Waals surface area contributed by atoms with Crippen molar-refractivity contribution in [2.45, 2.75) is 19.8 Å². The van der Waals surface area contributed by atoms with Crippen molar-refractivity contribution in [3.8, 4) is 10.4 Å². The second-order valence-corrected chi connectivity index (χ2v) is 7.20. The number of nitrogen functional groups attached to an aromatic ring is 1. The first-order chi connectivity index (χ1) is 9.86. The molecule has 0 spiro atoms. The Hall–Kier alpha value is -1.04.